The number of rotatable bonds is 3. The topological polar surface area (TPSA) is 89.1 Å². The number of ketones is 1. The van der Waals surface area contributed by atoms with Crippen molar-refractivity contribution in [3.63, 3.8) is 0 Å². The van der Waals surface area contributed by atoms with Gasteiger partial charge in [-0.1, -0.05) is 6.07 Å². The first-order valence-corrected chi connectivity index (χ1v) is 5.50. The van der Waals surface area contributed by atoms with Gasteiger partial charge in [0.25, 0.3) is 5.69 Å². The lowest BCUT2D eigenvalue weighted by molar-refractivity contribution is -0.383. The zero-order valence-electron chi connectivity index (χ0n) is 9.62. The van der Waals surface area contributed by atoms with Gasteiger partial charge < -0.3 is 9.40 Å². The summed E-state index contributed by atoms with van der Waals surface area (Å²) in [6, 6.07) is 6.16. The summed E-state index contributed by atoms with van der Waals surface area (Å²) in [5.74, 6) is -0.311. The Labute approximate surface area is 106 Å². The van der Waals surface area contributed by atoms with Gasteiger partial charge in [0, 0.05) is 12.3 Å². The minimum atomic E-state index is -0.498. The normalized spacial score (nSPS) is 10.7. The molecule has 0 aliphatic heterocycles. The fraction of sp³-hybridized carbons (Fsp3) is 0. The molecule has 19 heavy (non-hydrogen) atoms. The van der Waals surface area contributed by atoms with Gasteiger partial charge in [-0.15, -0.1) is 0 Å². The minimum Gasteiger partial charge on any atom is -0.472 e. The van der Waals surface area contributed by atoms with E-state index in [0.717, 1.165) is 0 Å². The van der Waals surface area contributed by atoms with Gasteiger partial charge in [0.2, 0.25) is 0 Å². The average molecular weight is 256 g/mol. The maximum Gasteiger partial charge on any atom is 0.279 e. The van der Waals surface area contributed by atoms with Crippen molar-refractivity contribution < 1.29 is 14.1 Å². The average Bonchev–Trinajstić information content (AvgIpc) is 3.06. The van der Waals surface area contributed by atoms with Crippen LogP contribution in [0.1, 0.15) is 15.9 Å². The number of hydrogen-bond acceptors (Lipinski definition) is 4. The lowest BCUT2D eigenvalue weighted by atomic mass is 10.0. The standard InChI is InChI=1S/C13H8N2O4/c16-13(8-4-5-19-7-8)9-6-14-10-2-1-3-11(12(9)10)15(17)18/h1-7,14H. The molecule has 1 aromatic carbocycles. The third-order valence-electron chi connectivity index (χ3n) is 2.91. The fourth-order valence-electron chi connectivity index (χ4n) is 2.05. The largest absolute Gasteiger partial charge is 0.472 e. The molecule has 0 amide bonds. The molecule has 0 fully saturated rings. The van der Waals surface area contributed by atoms with Gasteiger partial charge in [-0.25, -0.2) is 0 Å². The smallest absolute Gasteiger partial charge is 0.279 e. The highest BCUT2D eigenvalue weighted by Crippen LogP contribution is 2.29. The van der Waals surface area contributed by atoms with E-state index in [1.807, 2.05) is 0 Å². The van der Waals surface area contributed by atoms with Crippen molar-refractivity contribution in [2.75, 3.05) is 0 Å². The van der Waals surface area contributed by atoms with Crippen LogP contribution in [0.3, 0.4) is 0 Å². The summed E-state index contributed by atoms with van der Waals surface area (Å²) >= 11 is 0. The van der Waals surface area contributed by atoms with Gasteiger partial charge in [-0.05, 0) is 12.1 Å². The van der Waals surface area contributed by atoms with Crippen LogP contribution in [0.5, 0.6) is 0 Å². The molecular weight excluding hydrogens is 248 g/mol. The Morgan fingerprint density at radius 3 is 2.84 bits per heavy atom. The summed E-state index contributed by atoms with van der Waals surface area (Å²) in [5.41, 5.74) is 1.09. The Hall–Kier alpha value is -2.89. The van der Waals surface area contributed by atoms with Crippen LogP contribution in [0, 0.1) is 10.1 Å². The van der Waals surface area contributed by atoms with E-state index >= 15 is 0 Å². The second kappa shape index (κ2) is 4.09. The molecule has 3 aromatic rings. The first-order valence-electron chi connectivity index (χ1n) is 5.50. The van der Waals surface area contributed by atoms with Crippen molar-refractivity contribution in [1.29, 1.82) is 0 Å². The molecule has 6 nitrogen and oxygen atoms in total. The van der Waals surface area contributed by atoms with Crippen molar-refractivity contribution in [1.82, 2.24) is 4.98 Å². The molecule has 0 unspecified atom stereocenters. The van der Waals surface area contributed by atoms with Crippen LogP contribution >= 0.6 is 0 Å². The van der Waals surface area contributed by atoms with Crippen LogP contribution in [-0.2, 0) is 0 Å². The summed E-state index contributed by atoms with van der Waals surface area (Å²) in [6.45, 7) is 0. The highest BCUT2D eigenvalue weighted by Gasteiger charge is 2.22. The van der Waals surface area contributed by atoms with Crippen LogP contribution in [0.4, 0.5) is 5.69 Å². The van der Waals surface area contributed by atoms with E-state index in [2.05, 4.69) is 4.98 Å². The van der Waals surface area contributed by atoms with Crippen LogP contribution in [0.15, 0.2) is 47.4 Å². The van der Waals surface area contributed by atoms with E-state index in [1.165, 1.54) is 30.9 Å². The Morgan fingerprint density at radius 2 is 2.16 bits per heavy atom. The number of carbonyl (C=O) groups excluding carboxylic acids is 1. The molecule has 1 N–H and O–H groups in total. The van der Waals surface area contributed by atoms with Crippen LogP contribution in [-0.4, -0.2) is 15.7 Å². The van der Waals surface area contributed by atoms with Crippen LogP contribution in [0.25, 0.3) is 10.9 Å². The maximum atomic E-state index is 12.3. The molecule has 94 valence electrons. The van der Waals surface area contributed by atoms with Gasteiger partial charge in [-0.3, -0.25) is 14.9 Å². The van der Waals surface area contributed by atoms with Crippen LogP contribution in [0.2, 0.25) is 0 Å². The number of furan rings is 1. The van der Waals surface area contributed by atoms with Crippen molar-refractivity contribution in [2.24, 2.45) is 0 Å². The zero-order chi connectivity index (χ0) is 13.4. The molecule has 0 radical (unpaired) electrons. The number of non-ortho nitro benzene ring substituents is 1. The molecule has 0 saturated heterocycles. The van der Waals surface area contributed by atoms with Crippen molar-refractivity contribution in [3.8, 4) is 0 Å². The van der Waals surface area contributed by atoms with Gasteiger partial charge in [0.1, 0.15) is 6.26 Å². The number of aromatic amines is 1. The summed E-state index contributed by atoms with van der Waals surface area (Å²) < 4.78 is 4.86. The second-order valence-electron chi connectivity index (χ2n) is 4.00. The van der Waals surface area contributed by atoms with Gasteiger partial charge >= 0.3 is 0 Å². The minimum absolute atomic E-state index is 0.0920. The van der Waals surface area contributed by atoms with Gasteiger partial charge in [-0.2, -0.15) is 0 Å². The van der Waals surface area contributed by atoms with Crippen LogP contribution < -0.4 is 0 Å². The summed E-state index contributed by atoms with van der Waals surface area (Å²) in [5, 5.41) is 11.4. The Balaban J connectivity index is 2.25. The fourth-order valence-corrected chi connectivity index (χ4v) is 2.05. The van der Waals surface area contributed by atoms with E-state index in [-0.39, 0.29) is 17.0 Å². The first kappa shape index (κ1) is 11.2. The first-order chi connectivity index (χ1) is 9.18. The number of hydrogen-bond donors (Lipinski definition) is 1. The van der Waals surface area contributed by atoms with E-state index in [1.54, 1.807) is 12.1 Å². The summed E-state index contributed by atoms with van der Waals surface area (Å²) in [7, 11) is 0. The molecule has 0 aliphatic rings. The Bertz CT molecular complexity index is 771. The quantitative estimate of drug-likeness (QED) is 0.443. The van der Waals surface area contributed by atoms with Gasteiger partial charge in [0.05, 0.1) is 33.2 Å². The monoisotopic (exact) mass is 256 g/mol. The Kier molecular flexibility index (Phi) is 2.42. The molecule has 0 bridgehead atoms. The molecular formula is C13H8N2O4. The highest BCUT2D eigenvalue weighted by atomic mass is 16.6. The molecule has 0 spiro atoms. The number of H-pyrrole nitrogens is 1. The number of nitrogens with one attached hydrogen (secondary N) is 1. The van der Waals surface area contributed by atoms with E-state index in [0.29, 0.717) is 16.5 Å². The predicted octanol–water partition coefficient (Wildman–Crippen LogP) is 2.90. The van der Waals surface area contributed by atoms with E-state index < -0.39 is 4.92 Å². The summed E-state index contributed by atoms with van der Waals surface area (Å²) in [6.07, 6.45) is 4.18. The van der Waals surface area contributed by atoms with Crippen molar-refractivity contribution in [2.45, 2.75) is 0 Å². The number of carbonyl (C=O) groups is 1. The number of nitrogens with zero attached hydrogens (tertiary/aromatic N) is 1. The van der Waals surface area contributed by atoms with Crippen molar-refractivity contribution in [3.05, 3.63) is 64.2 Å². The van der Waals surface area contributed by atoms with E-state index in [9.17, 15) is 14.9 Å². The maximum absolute atomic E-state index is 12.3. The van der Waals surface area contributed by atoms with Crippen molar-refractivity contribution >= 4 is 22.4 Å². The number of aromatic nitrogens is 1. The predicted molar refractivity (Wildman–Crippen MR) is 67.1 cm³/mol. The zero-order valence-corrected chi connectivity index (χ0v) is 9.62. The Morgan fingerprint density at radius 1 is 1.32 bits per heavy atom. The SMILES string of the molecule is O=C(c1ccoc1)c1c[nH]c2cccc([N+](=O)[O-])c12. The third-order valence-corrected chi connectivity index (χ3v) is 2.91. The lowest BCUT2D eigenvalue weighted by Crippen LogP contribution is -1.99. The summed E-state index contributed by atoms with van der Waals surface area (Å²) in [4.78, 5) is 25.7. The highest BCUT2D eigenvalue weighted by molar-refractivity contribution is 6.18. The molecule has 0 aliphatic carbocycles. The molecule has 3 rings (SSSR count). The molecule has 2 heterocycles. The molecule has 0 saturated carbocycles. The number of nitro benzene ring substituents is 1. The molecule has 0 atom stereocenters. The number of benzene rings is 1. The number of nitro groups is 1. The number of fused-ring (bicyclic) bond motifs is 1. The molecule has 6 heteroatoms. The van der Waals surface area contributed by atoms with E-state index in [4.69, 9.17) is 4.42 Å². The van der Waals surface area contributed by atoms with Gasteiger partial charge in [0.15, 0.2) is 5.78 Å². The lowest BCUT2D eigenvalue weighted by Gasteiger charge is -1.97. The second-order valence-corrected chi connectivity index (χ2v) is 4.00. The molecule has 2 aromatic heterocycles. The third kappa shape index (κ3) is 1.70.